The van der Waals surface area contributed by atoms with Crippen molar-refractivity contribution < 1.29 is 33.0 Å². The maximum atomic E-state index is 12.8. The van der Waals surface area contributed by atoms with E-state index in [2.05, 4.69) is 10.1 Å². The van der Waals surface area contributed by atoms with E-state index in [1.807, 2.05) is 13.8 Å². The highest BCUT2D eigenvalue weighted by atomic mass is 35.5. The molecule has 1 aromatic carbocycles. The highest BCUT2D eigenvalue weighted by molar-refractivity contribution is 6.31. The predicted molar refractivity (Wildman–Crippen MR) is 111 cm³/mol. The number of nitrogens with zero attached hydrogens (tertiary/aromatic N) is 1. The van der Waals surface area contributed by atoms with Crippen LogP contribution < -0.4 is 14.8 Å². The Kier molecular flexibility index (Phi) is 6.55. The predicted octanol–water partition coefficient (Wildman–Crippen LogP) is 3.61. The van der Waals surface area contributed by atoms with E-state index in [9.17, 15) is 14.4 Å². The van der Waals surface area contributed by atoms with Crippen molar-refractivity contribution in [2.24, 2.45) is 0 Å². The molecule has 2 aromatic rings. The summed E-state index contributed by atoms with van der Waals surface area (Å²) >= 11 is 6.17. The minimum Gasteiger partial charge on any atom is -0.493 e. The molecule has 0 spiro atoms. The Morgan fingerprint density at radius 1 is 1.26 bits per heavy atom. The first-order chi connectivity index (χ1) is 14.7. The minimum atomic E-state index is -0.656. The van der Waals surface area contributed by atoms with Gasteiger partial charge >= 0.3 is 12.0 Å². The monoisotopic (exact) mass is 448 g/mol. The molecule has 1 saturated heterocycles. The zero-order valence-electron chi connectivity index (χ0n) is 17.4. The van der Waals surface area contributed by atoms with E-state index in [1.54, 1.807) is 12.1 Å². The molecule has 10 heteroatoms. The van der Waals surface area contributed by atoms with Gasteiger partial charge in [-0.1, -0.05) is 11.6 Å². The Hall–Kier alpha value is -3.46. The average Bonchev–Trinajstić information content (AvgIpc) is 3.29. The van der Waals surface area contributed by atoms with Gasteiger partial charge in [-0.3, -0.25) is 9.69 Å². The molecule has 0 bridgehead atoms. The zero-order chi connectivity index (χ0) is 22.7. The maximum absolute atomic E-state index is 12.8. The van der Waals surface area contributed by atoms with Crippen molar-refractivity contribution in [1.29, 1.82) is 0 Å². The normalized spacial score (nSPS) is 14.9. The first-order valence-electron chi connectivity index (χ1n) is 9.29. The number of furan rings is 1. The quantitative estimate of drug-likeness (QED) is 0.391. The van der Waals surface area contributed by atoms with Crippen molar-refractivity contribution in [1.82, 2.24) is 10.2 Å². The molecule has 3 rings (SSSR count). The number of imide groups is 1. The lowest BCUT2D eigenvalue weighted by molar-refractivity contribution is -0.123. The van der Waals surface area contributed by atoms with Crippen molar-refractivity contribution in [3.8, 4) is 11.5 Å². The van der Waals surface area contributed by atoms with Gasteiger partial charge in [0.1, 0.15) is 11.5 Å². The van der Waals surface area contributed by atoms with E-state index < -0.39 is 17.9 Å². The third-order valence-electron chi connectivity index (χ3n) is 4.25. The fraction of sp³-hybridized carbons (Fsp3) is 0.286. The van der Waals surface area contributed by atoms with E-state index in [4.69, 9.17) is 25.5 Å². The van der Waals surface area contributed by atoms with E-state index in [-0.39, 0.29) is 29.9 Å². The summed E-state index contributed by atoms with van der Waals surface area (Å²) in [6, 6.07) is 5.46. The number of halogens is 1. The molecule has 0 saturated carbocycles. The third kappa shape index (κ3) is 4.83. The first-order valence-corrected chi connectivity index (χ1v) is 9.67. The summed E-state index contributed by atoms with van der Waals surface area (Å²) < 4.78 is 21.1. The molecule has 0 aliphatic carbocycles. The van der Waals surface area contributed by atoms with Gasteiger partial charge in [0.2, 0.25) is 5.76 Å². The second-order valence-corrected chi connectivity index (χ2v) is 7.27. The van der Waals surface area contributed by atoms with E-state index in [0.717, 1.165) is 4.90 Å². The molecule has 1 fully saturated rings. The van der Waals surface area contributed by atoms with Gasteiger partial charge in [-0.15, -0.1) is 0 Å². The minimum absolute atomic E-state index is 0.0261. The fourth-order valence-corrected chi connectivity index (χ4v) is 3.13. The number of amides is 3. The van der Waals surface area contributed by atoms with Crippen LogP contribution in [0.15, 0.2) is 34.4 Å². The molecule has 31 heavy (non-hydrogen) atoms. The van der Waals surface area contributed by atoms with Crippen LogP contribution in [0.1, 0.15) is 35.7 Å². The second kappa shape index (κ2) is 9.13. The number of carbonyl (C=O) groups is 3. The molecule has 1 N–H and O–H groups in total. The van der Waals surface area contributed by atoms with Crippen LogP contribution in [0.25, 0.3) is 6.08 Å². The van der Waals surface area contributed by atoms with Gasteiger partial charge in [-0.25, -0.2) is 9.59 Å². The number of hydrogen-bond acceptors (Lipinski definition) is 7. The first kappa shape index (κ1) is 22.2. The van der Waals surface area contributed by atoms with Crippen molar-refractivity contribution in [2.75, 3.05) is 14.2 Å². The zero-order valence-corrected chi connectivity index (χ0v) is 18.1. The van der Waals surface area contributed by atoms with E-state index >= 15 is 0 Å². The van der Waals surface area contributed by atoms with Crippen molar-refractivity contribution in [3.63, 3.8) is 0 Å². The lowest BCUT2D eigenvalue weighted by Crippen LogP contribution is -2.30. The van der Waals surface area contributed by atoms with Gasteiger partial charge in [0, 0.05) is 16.7 Å². The van der Waals surface area contributed by atoms with Gasteiger partial charge < -0.3 is 23.9 Å². The maximum Gasteiger partial charge on any atom is 0.373 e. The molecule has 1 aliphatic rings. The molecule has 0 unspecified atom stereocenters. The highest BCUT2D eigenvalue weighted by Crippen LogP contribution is 2.37. The summed E-state index contributed by atoms with van der Waals surface area (Å²) in [6.07, 6.45) is 1.30. The molecule has 0 radical (unpaired) electrons. The Labute approximate surface area is 183 Å². The van der Waals surface area contributed by atoms with Crippen LogP contribution >= 0.6 is 11.6 Å². The molecular weight excluding hydrogens is 428 g/mol. The second-order valence-electron chi connectivity index (χ2n) is 6.83. The molecule has 1 aromatic heterocycles. The number of methoxy groups -OCH3 is 2. The van der Waals surface area contributed by atoms with Crippen LogP contribution in [-0.2, 0) is 16.1 Å². The molecule has 2 heterocycles. The van der Waals surface area contributed by atoms with Crippen molar-refractivity contribution in [2.45, 2.75) is 26.5 Å². The summed E-state index contributed by atoms with van der Waals surface area (Å²) in [5.74, 6) is -0.219. The highest BCUT2D eigenvalue weighted by Gasteiger charge is 2.34. The number of nitrogens with one attached hydrogen (secondary N) is 1. The molecule has 9 nitrogen and oxygen atoms in total. The molecular formula is C21H21ClN2O7. The number of benzene rings is 1. The number of ether oxygens (including phenoxy) is 3. The van der Waals surface area contributed by atoms with Crippen molar-refractivity contribution in [3.05, 3.63) is 52.1 Å². The van der Waals surface area contributed by atoms with Crippen LogP contribution in [0.2, 0.25) is 5.02 Å². The number of esters is 1. The average molecular weight is 449 g/mol. The smallest absolute Gasteiger partial charge is 0.373 e. The van der Waals surface area contributed by atoms with Crippen LogP contribution in [0.4, 0.5) is 4.79 Å². The number of hydrogen-bond donors (Lipinski definition) is 1. The SMILES string of the molecule is COC(=O)c1ccc(CN2C(=O)NC(=Cc3cc(Cl)cc(OC)c3OC(C)C)C2=O)o1. The lowest BCUT2D eigenvalue weighted by atomic mass is 10.1. The van der Waals surface area contributed by atoms with Crippen LogP contribution in [0.5, 0.6) is 11.5 Å². The fourth-order valence-electron chi connectivity index (χ4n) is 2.91. The summed E-state index contributed by atoms with van der Waals surface area (Å²) in [6.45, 7) is 3.54. The summed E-state index contributed by atoms with van der Waals surface area (Å²) in [7, 11) is 2.70. The van der Waals surface area contributed by atoms with E-state index in [0.29, 0.717) is 22.1 Å². The van der Waals surface area contributed by atoms with Crippen molar-refractivity contribution >= 4 is 35.6 Å². The molecule has 3 amide bonds. The van der Waals surface area contributed by atoms with Gasteiger partial charge in [0.25, 0.3) is 5.91 Å². The molecule has 164 valence electrons. The molecule has 1 aliphatic heterocycles. The van der Waals surface area contributed by atoms with Gasteiger partial charge in [0.15, 0.2) is 11.5 Å². The number of carbonyl (C=O) groups excluding carboxylic acids is 3. The number of urea groups is 1. The topological polar surface area (TPSA) is 107 Å². The molecule has 0 atom stereocenters. The van der Waals surface area contributed by atoms with Crippen LogP contribution in [-0.4, -0.2) is 43.1 Å². The standard InChI is InChI=1S/C21H21ClN2O7/c1-11(2)30-18-12(7-13(22)9-17(18)28-3)8-15-19(25)24(21(27)23-15)10-14-5-6-16(31-14)20(26)29-4/h5-9,11H,10H2,1-4H3,(H,23,27). The van der Waals surface area contributed by atoms with E-state index in [1.165, 1.54) is 32.4 Å². The largest absolute Gasteiger partial charge is 0.493 e. The lowest BCUT2D eigenvalue weighted by Gasteiger charge is -2.16. The Bertz CT molecular complexity index is 1060. The Morgan fingerprint density at radius 3 is 2.65 bits per heavy atom. The van der Waals surface area contributed by atoms with Gasteiger partial charge in [-0.2, -0.15) is 0 Å². The van der Waals surface area contributed by atoms with Crippen LogP contribution in [0, 0.1) is 0 Å². The summed E-state index contributed by atoms with van der Waals surface area (Å²) in [5, 5.41) is 2.90. The summed E-state index contributed by atoms with van der Waals surface area (Å²) in [4.78, 5) is 37.7. The summed E-state index contributed by atoms with van der Waals surface area (Å²) in [5.41, 5.74) is 0.497. The van der Waals surface area contributed by atoms with Gasteiger partial charge in [0.05, 0.1) is 26.9 Å². The Balaban J connectivity index is 1.89. The number of rotatable bonds is 7. The van der Waals surface area contributed by atoms with Gasteiger partial charge in [-0.05, 0) is 38.1 Å². The third-order valence-corrected chi connectivity index (χ3v) is 4.46. The van der Waals surface area contributed by atoms with Crippen LogP contribution in [0.3, 0.4) is 0 Å². The Morgan fingerprint density at radius 2 is 2.00 bits per heavy atom.